The minimum atomic E-state index is -0.533. The van der Waals surface area contributed by atoms with Crippen LogP contribution >= 0.6 is 27.7 Å². The predicted molar refractivity (Wildman–Crippen MR) is 78.4 cm³/mol. The van der Waals surface area contributed by atoms with E-state index < -0.39 is 5.82 Å². The first-order chi connectivity index (χ1) is 8.49. The van der Waals surface area contributed by atoms with Crippen molar-refractivity contribution < 1.29 is 9.18 Å². The molecule has 0 saturated heterocycles. The Kier molecular flexibility index (Phi) is 5.95. The molecule has 3 nitrogen and oxygen atoms in total. The maximum absolute atomic E-state index is 13.2. The van der Waals surface area contributed by atoms with Gasteiger partial charge in [-0.15, -0.1) is 0 Å². The van der Waals surface area contributed by atoms with E-state index in [-0.39, 0.29) is 17.6 Å². The summed E-state index contributed by atoms with van der Waals surface area (Å²) in [4.78, 5) is 12.0. The number of amides is 1. The van der Waals surface area contributed by atoms with Crippen molar-refractivity contribution in [1.82, 2.24) is 5.32 Å². The van der Waals surface area contributed by atoms with E-state index in [1.54, 1.807) is 11.8 Å². The first-order valence-corrected chi connectivity index (χ1v) is 7.72. The molecule has 0 radical (unpaired) electrons. The van der Waals surface area contributed by atoms with E-state index in [0.717, 1.165) is 12.2 Å². The molecule has 0 aliphatic heterocycles. The van der Waals surface area contributed by atoms with Gasteiger partial charge >= 0.3 is 0 Å². The molecule has 1 unspecified atom stereocenters. The molecule has 0 aliphatic rings. The van der Waals surface area contributed by atoms with E-state index in [0.29, 0.717) is 10.0 Å². The zero-order chi connectivity index (χ0) is 13.7. The van der Waals surface area contributed by atoms with Crippen LogP contribution in [0.5, 0.6) is 0 Å². The number of carbonyl (C=O) groups excluding carboxylic acids is 1. The van der Waals surface area contributed by atoms with Gasteiger partial charge < -0.3 is 11.1 Å². The van der Waals surface area contributed by atoms with Gasteiger partial charge in [0.05, 0.1) is 11.3 Å². The fourth-order valence-electron chi connectivity index (χ4n) is 1.47. The normalized spacial score (nSPS) is 12.2. The van der Waals surface area contributed by atoms with E-state index in [2.05, 4.69) is 21.2 Å². The fourth-order valence-corrected chi connectivity index (χ4v) is 2.68. The van der Waals surface area contributed by atoms with Crippen LogP contribution in [0.25, 0.3) is 0 Å². The summed E-state index contributed by atoms with van der Waals surface area (Å²) in [6.07, 6.45) is 2.83. The van der Waals surface area contributed by atoms with Gasteiger partial charge in [0.25, 0.3) is 5.91 Å². The van der Waals surface area contributed by atoms with Crippen molar-refractivity contribution >= 4 is 39.3 Å². The molecule has 3 N–H and O–H groups in total. The highest BCUT2D eigenvalue weighted by Crippen LogP contribution is 2.23. The first kappa shape index (κ1) is 15.3. The van der Waals surface area contributed by atoms with E-state index in [4.69, 9.17) is 5.73 Å². The van der Waals surface area contributed by atoms with Gasteiger partial charge in [0.15, 0.2) is 0 Å². The number of thioether (sulfide) groups is 1. The molecule has 1 aromatic carbocycles. The van der Waals surface area contributed by atoms with Crippen LogP contribution in [0.15, 0.2) is 16.6 Å². The third-order valence-corrected chi connectivity index (χ3v) is 3.92. The van der Waals surface area contributed by atoms with Crippen LogP contribution in [0.2, 0.25) is 0 Å². The fraction of sp³-hybridized carbons (Fsp3) is 0.417. The van der Waals surface area contributed by atoms with E-state index in [1.807, 2.05) is 13.2 Å². The third-order valence-electron chi connectivity index (χ3n) is 2.53. The van der Waals surface area contributed by atoms with Gasteiger partial charge in [0, 0.05) is 16.3 Å². The maximum Gasteiger partial charge on any atom is 0.252 e. The lowest BCUT2D eigenvalue weighted by Gasteiger charge is -2.16. The predicted octanol–water partition coefficient (Wildman–Crippen LogP) is 3.04. The Morgan fingerprint density at radius 2 is 2.28 bits per heavy atom. The van der Waals surface area contributed by atoms with Gasteiger partial charge in [0.2, 0.25) is 0 Å². The van der Waals surface area contributed by atoms with Crippen LogP contribution in [-0.2, 0) is 0 Å². The summed E-state index contributed by atoms with van der Waals surface area (Å²) < 4.78 is 13.6. The monoisotopic (exact) mass is 334 g/mol. The first-order valence-electron chi connectivity index (χ1n) is 5.53. The number of nitrogens with two attached hydrogens (primary N) is 1. The van der Waals surface area contributed by atoms with Crippen molar-refractivity contribution in [3.8, 4) is 0 Å². The number of benzene rings is 1. The Labute approximate surface area is 119 Å². The molecule has 0 aromatic heterocycles. The molecule has 1 atom stereocenters. The van der Waals surface area contributed by atoms with Crippen LogP contribution in [0, 0.1) is 5.82 Å². The molecule has 1 aromatic rings. The number of halogens is 2. The van der Waals surface area contributed by atoms with Gasteiger partial charge in [-0.2, -0.15) is 11.8 Å². The Morgan fingerprint density at radius 1 is 1.61 bits per heavy atom. The topological polar surface area (TPSA) is 55.1 Å². The average Bonchev–Trinajstić information content (AvgIpc) is 2.33. The van der Waals surface area contributed by atoms with Crippen LogP contribution in [-0.4, -0.2) is 24.0 Å². The van der Waals surface area contributed by atoms with Gasteiger partial charge in [-0.3, -0.25) is 4.79 Å². The minimum absolute atomic E-state index is 0.0266. The Hall–Kier alpha value is -0.750. The quantitative estimate of drug-likeness (QED) is 0.813. The summed E-state index contributed by atoms with van der Waals surface area (Å²) in [6, 6.07) is 2.66. The largest absolute Gasteiger partial charge is 0.396 e. The Morgan fingerprint density at radius 3 is 2.83 bits per heavy atom. The number of nitrogens with one attached hydrogen (secondary N) is 1. The summed E-state index contributed by atoms with van der Waals surface area (Å²) >= 11 is 4.84. The number of anilines is 1. The highest BCUT2D eigenvalue weighted by molar-refractivity contribution is 9.10. The molecule has 18 heavy (non-hydrogen) atoms. The van der Waals surface area contributed by atoms with Crippen molar-refractivity contribution in [3.63, 3.8) is 0 Å². The number of carbonyl (C=O) groups is 1. The summed E-state index contributed by atoms with van der Waals surface area (Å²) in [5.74, 6) is 0.0698. The minimum Gasteiger partial charge on any atom is -0.396 e. The van der Waals surface area contributed by atoms with E-state index in [1.165, 1.54) is 12.1 Å². The van der Waals surface area contributed by atoms with E-state index >= 15 is 0 Å². The second kappa shape index (κ2) is 6.99. The number of nitrogen functional groups attached to an aromatic ring is 1. The SMILES string of the molecule is CCC(CSC)NC(=O)c1cc(N)c(F)cc1Br. The number of hydrogen-bond acceptors (Lipinski definition) is 3. The lowest BCUT2D eigenvalue weighted by Crippen LogP contribution is -2.36. The molecule has 0 fully saturated rings. The zero-order valence-electron chi connectivity index (χ0n) is 10.3. The van der Waals surface area contributed by atoms with Crippen molar-refractivity contribution in [2.24, 2.45) is 0 Å². The van der Waals surface area contributed by atoms with Crippen molar-refractivity contribution in [1.29, 1.82) is 0 Å². The standard InChI is InChI=1S/C12H16BrFN2OS/c1-3-7(6-18-2)16-12(17)8-4-11(15)10(14)5-9(8)13/h4-5,7H,3,6,15H2,1-2H3,(H,16,17). The Bertz CT molecular complexity index is 442. The molecule has 100 valence electrons. The van der Waals surface area contributed by atoms with Crippen LogP contribution in [0.3, 0.4) is 0 Å². The van der Waals surface area contributed by atoms with Crippen LogP contribution in [0.1, 0.15) is 23.7 Å². The lowest BCUT2D eigenvalue weighted by molar-refractivity contribution is 0.0939. The molecular weight excluding hydrogens is 319 g/mol. The van der Waals surface area contributed by atoms with Crippen molar-refractivity contribution in [2.45, 2.75) is 19.4 Å². The van der Waals surface area contributed by atoms with Crippen LogP contribution in [0.4, 0.5) is 10.1 Å². The zero-order valence-corrected chi connectivity index (χ0v) is 12.7. The molecule has 0 spiro atoms. The smallest absolute Gasteiger partial charge is 0.252 e. The summed E-state index contributed by atoms with van der Waals surface area (Å²) in [5, 5.41) is 2.90. The summed E-state index contributed by atoms with van der Waals surface area (Å²) in [7, 11) is 0. The molecule has 0 aliphatic carbocycles. The Balaban J connectivity index is 2.87. The van der Waals surface area contributed by atoms with Crippen molar-refractivity contribution in [3.05, 3.63) is 28.0 Å². The van der Waals surface area contributed by atoms with Gasteiger partial charge in [-0.1, -0.05) is 6.92 Å². The lowest BCUT2D eigenvalue weighted by atomic mass is 10.1. The highest BCUT2D eigenvalue weighted by Gasteiger charge is 2.16. The van der Waals surface area contributed by atoms with Gasteiger partial charge in [-0.05, 0) is 40.7 Å². The summed E-state index contributed by atoms with van der Waals surface area (Å²) in [5.41, 5.74) is 5.80. The molecule has 6 heteroatoms. The molecule has 1 rings (SSSR count). The van der Waals surface area contributed by atoms with Gasteiger partial charge in [-0.25, -0.2) is 4.39 Å². The summed E-state index contributed by atoms with van der Waals surface area (Å²) in [6.45, 7) is 2.01. The number of rotatable bonds is 5. The molecule has 0 bridgehead atoms. The second-order valence-corrected chi connectivity index (χ2v) is 5.65. The molecule has 1 amide bonds. The van der Waals surface area contributed by atoms with E-state index in [9.17, 15) is 9.18 Å². The number of hydrogen-bond donors (Lipinski definition) is 2. The van der Waals surface area contributed by atoms with Crippen molar-refractivity contribution in [2.75, 3.05) is 17.7 Å². The van der Waals surface area contributed by atoms with Gasteiger partial charge in [0.1, 0.15) is 5.82 Å². The third kappa shape index (κ3) is 3.88. The van der Waals surface area contributed by atoms with Crippen LogP contribution < -0.4 is 11.1 Å². The average molecular weight is 335 g/mol. The maximum atomic E-state index is 13.2. The second-order valence-electron chi connectivity index (χ2n) is 3.89. The molecule has 0 heterocycles. The highest BCUT2D eigenvalue weighted by atomic mass is 79.9. The molecule has 0 saturated carbocycles. The molecular formula is C12H16BrFN2OS.